The van der Waals surface area contributed by atoms with Crippen molar-refractivity contribution < 1.29 is 67.9 Å². The van der Waals surface area contributed by atoms with Crippen LogP contribution in [0.2, 0.25) is 0 Å². The van der Waals surface area contributed by atoms with Gasteiger partial charge in [0.1, 0.15) is 31.9 Å². The van der Waals surface area contributed by atoms with Gasteiger partial charge in [-0.15, -0.1) is 0 Å². The number of ketones is 1. The number of piperazine rings is 1. The highest BCUT2D eigenvalue weighted by Crippen LogP contribution is 2.38. The average molecular weight is 574 g/mol. The number of carbonyl (C=O) groups excluding carboxylic acids is 2. The number of rotatable bonds is 13. The van der Waals surface area contributed by atoms with Crippen LogP contribution in [0.3, 0.4) is 0 Å². The first-order valence-electron chi connectivity index (χ1n) is 12.3. The molecular weight excluding hydrogens is 535 g/mol. The highest BCUT2D eigenvalue weighted by molar-refractivity contribution is 5.96. The van der Waals surface area contributed by atoms with E-state index in [0.29, 0.717) is 47.2 Å². The molecule has 1 heterocycles. The molecule has 212 valence electrons. The lowest BCUT2D eigenvalue weighted by atomic mass is 10.1. The number of hydrogen-bond acceptors (Lipinski definition) is 7. The minimum Gasteiger partial charge on any atom is -1.00 e. The largest absolute Gasteiger partial charge is 1.00 e. The van der Waals surface area contributed by atoms with Crippen molar-refractivity contribution in [2.75, 3.05) is 74.3 Å². The van der Waals surface area contributed by atoms with Crippen LogP contribution in [-0.4, -0.2) is 86.1 Å². The van der Waals surface area contributed by atoms with Crippen molar-refractivity contribution in [3.8, 4) is 23.0 Å². The molecule has 0 atom stereocenters. The van der Waals surface area contributed by atoms with Crippen molar-refractivity contribution in [1.82, 2.24) is 0 Å². The summed E-state index contributed by atoms with van der Waals surface area (Å²) in [5.74, 6) is 1.72. The summed E-state index contributed by atoms with van der Waals surface area (Å²) in [6, 6.07) is 10.5. The van der Waals surface area contributed by atoms with Gasteiger partial charge in [-0.05, 0) is 24.3 Å². The van der Waals surface area contributed by atoms with E-state index in [4.69, 9.17) is 23.7 Å². The van der Waals surface area contributed by atoms with Crippen LogP contribution in [0, 0.1) is 0 Å². The van der Waals surface area contributed by atoms with Crippen LogP contribution in [-0.2, 0) is 4.74 Å². The van der Waals surface area contributed by atoms with E-state index in [-0.39, 0.29) is 30.6 Å². The van der Waals surface area contributed by atoms with Crippen molar-refractivity contribution >= 4 is 11.8 Å². The first kappa shape index (κ1) is 33.3. The third kappa shape index (κ3) is 9.23. The first-order valence-corrected chi connectivity index (χ1v) is 12.3. The Labute approximate surface area is 237 Å². The number of quaternary nitrogens is 2. The second-order valence-corrected chi connectivity index (χ2v) is 8.81. The Balaban J connectivity index is 0.00000361. The van der Waals surface area contributed by atoms with E-state index in [2.05, 4.69) is 0 Å². The van der Waals surface area contributed by atoms with Gasteiger partial charge in [0.25, 0.3) is 0 Å². The second-order valence-electron chi connectivity index (χ2n) is 8.81. The fraction of sp³-hybridized carbons (Fsp3) is 0.481. The Morgan fingerprint density at radius 3 is 1.92 bits per heavy atom. The van der Waals surface area contributed by atoms with Crippen molar-refractivity contribution in [2.45, 2.75) is 12.8 Å². The Morgan fingerprint density at radius 1 is 0.763 bits per heavy atom. The molecule has 2 N–H and O–H groups in total. The Bertz CT molecular complexity index is 1010. The smallest absolute Gasteiger partial charge is 0.338 e. The van der Waals surface area contributed by atoms with E-state index in [0.717, 1.165) is 45.7 Å². The highest BCUT2D eigenvalue weighted by Gasteiger charge is 2.24. The molecule has 0 aromatic heterocycles. The van der Waals surface area contributed by atoms with Crippen LogP contribution < -0.4 is 53.6 Å². The number of ether oxygens (including phenoxy) is 5. The number of esters is 1. The minimum atomic E-state index is -0.417. The molecule has 0 radical (unpaired) electrons. The Kier molecular flexibility index (Phi) is 14.9. The molecule has 11 heteroatoms. The van der Waals surface area contributed by atoms with Gasteiger partial charge in [-0.1, -0.05) is 12.1 Å². The van der Waals surface area contributed by atoms with Gasteiger partial charge >= 0.3 is 5.97 Å². The van der Waals surface area contributed by atoms with Gasteiger partial charge in [-0.3, -0.25) is 4.79 Å². The van der Waals surface area contributed by atoms with Crippen molar-refractivity contribution in [2.24, 2.45) is 0 Å². The SMILES string of the molecule is COc1cccc(C(=O)CC[NH+]2CC[NH+](CCCOC(=O)c3cc(OC)c(OC)c(OC)c3)CC2)c1.[Cl-].[Cl-]. The summed E-state index contributed by atoms with van der Waals surface area (Å²) in [5, 5.41) is 0. The van der Waals surface area contributed by atoms with Gasteiger partial charge in [0.15, 0.2) is 17.3 Å². The van der Waals surface area contributed by atoms with Crippen molar-refractivity contribution in [3.05, 3.63) is 47.5 Å². The first-order chi connectivity index (χ1) is 17.5. The molecular formula is C27H38Cl2N2O7. The maximum absolute atomic E-state index is 12.5. The molecule has 0 spiro atoms. The Morgan fingerprint density at radius 2 is 1.37 bits per heavy atom. The highest BCUT2D eigenvalue weighted by atomic mass is 35.5. The van der Waals surface area contributed by atoms with E-state index in [1.807, 2.05) is 18.2 Å². The monoisotopic (exact) mass is 572 g/mol. The number of halogens is 2. The van der Waals surface area contributed by atoms with Gasteiger partial charge in [0, 0.05) is 12.0 Å². The zero-order valence-electron chi connectivity index (χ0n) is 22.4. The zero-order chi connectivity index (χ0) is 25.9. The third-order valence-corrected chi connectivity index (χ3v) is 6.57. The van der Waals surface area contributed by atoms with Crippen molar-refractivity contribution in [3.63, 3.8) is 0 Å². The summed E-state index contributed by atoms with van der Waals surface area (Å²) >= 11 is 0. The van der Waals surface area contributed by atoms with E-state index in [1.165, 1.54) is 31.1 Å². The molecule has 1 aliphatic rings. The van der Waals surface area contributed by atoms with Gasteiger partial charge in [-0.25, -0.2) is 4.79 Å². The molecule has 1 fully saturated rings. The van der Waals surface area contributed by atoms with E-state index in [1.54, 1.807) is 25.3 Å². The summed E-state index contributed by atoms with van der Waals surface area (Å²) < 4.78 is 26.6. The number of hydrogen-bond donors (Lipinski definition) is 2. The maximum atomic E-state index is 12.5. The third-order valence-electron chi connectivity index (χ3n) is 6.57. The molecule has 3 rings (SSSR count). The Hall–Kier alpha value is -2.72. The normalized spacial score (nSPS) is 16.3. The van der Waals surface area contributed by atoms with Crippen LogP contribution in [0.5, 0.6) is 23.0 Å². The number of carbonyl (C=O) groups is 2. The summed E-state index contributed by atoms with van der Waals surface area (Å²) in [6.07, 6.45) is 1.32. The predicted octanol–water partition coefficient (Wildman–Crippen LogP) is -5.67. The number of Topliss-reactive ketones (excluding diaryl/α,β-unsaturated/α-hetero) is 1. The molecule has 38 heavy (non-hydrogen) atoms. The molecule has 0 unspecified atom stereocenters. The van der Waals surface area contributed by atoms with Crippen LogP contribution in [0.15, 0.2) is 36.4 Å². The maximum Gasteiger partial charge on any atom is 0.338 e. The van der Waals surface area contributed by atoms with E-state index < -0.39 is 5.97 Å². The topological polar surface area (TPSA) is 89.2 Å². The molecule has 1 aliphatic heterocycles. The lowest BCUT2D eigenvalue weighted by molar-refractivity contribution is -1.01. The van der Waals surface area contributed by atoms with Crippen LogP contribution in [0.4, 0.5) is 0 Å². The van der Waals surface area contributed by atoms with E-state index in [9.17, 15) is 9.59 Å². The van der Waals surface area contributed by atoms with Crippen LogP contribution >= 0.6 is 0 Å². The molecule has 9 nitrogen and oxygen atoms in total. The summed E-state index contributed by atoms with van der Waals surface area (Å²) in [4.78, 5) is 28.0. The zero-order valence-corrected chi connectivity index (χ0v) is 24.0. The number of benzene rings is 2. The minimum absolute atomic E-state index is 0. The van der Waals surface area contributed by atoms with Crippen LogP contribution in [0.25, 0.3) is 0 Å². The molecule has 2 aromatic carbocycles. The summed E-state index contributed by atoms with van der Waals surface area (Å²) in [7, 11) is 6.14. The lowest BCUT2D eigenvalue weighted by Gasteiger charge is -2.29. The molecule has 1 saturated heterocycles. The number of methoxy groups -OCH3 is 4. The van der Waals surface area contributed by atoms with Gasteiger partial charge in [-0.2, -0.15) is 0 Å². The number of nitrogens with one attached hydrogen (secondary N) is 2. The average Bonchev–Trinajstić information content (AvgIpc) is 2.93. The predicted molar refractivity (Wildman–Crippen MR) is 134 cm³/mol. The summed E-state index contributed by atoms with van der Waals surface area (Å²) in [6.45, 7) is 6.30. The lowest BCUT2D eigenvalue weighted by Crippen LogP contribution is -3.28. The van der Waals surface area contributed by atoms with Crippen LogP contribution in [0.1, 0.15) is 33.6 Å². The fourth-order valence-electron chi connectivity index (χ4n) is 4.46. The molecule has 0 bridgehead atoms. The molecule has 0 amide bonds. The molecule has 0 aliphatic carbocycles. The van der Waals surface area contributed by atoms with Gasteiger partial charge in [0.2, 0.25) is 5.75 Å². The fourth-order valence-corrected chi connectivity index (χ4v) is 4.46. The standard InChI is InChI=1S/C27H36N2O7.2ClH/c1-32-22-8-5-7-20(17-22)23(30)9-11-29-14-12-28(13-15-29)10-6-16-36-27(31)21-18-24(33-2)26(35-4)25(19-21)34-3;;/h5,7-8,17-19H,6,9-16H2,1-4H3;2*1H. The van der Waals surface area contributed by atoms with Gasteiger partial charge < -0.3 is 58.3 Å². The quantitative estimate of drug-likeness (QED) is 0.140. The van der Waals surface area contributed by atoms with E-state index >= 15 is 0 Å². The van der Waals surface area contributed by atoms with Crippen molar-refractivity contribution in [1.29, 1.82) is 0 Å². The summed E-state index contributed by atoms with van der Waals surface area (Å²) in [5.41, 5.74) is 1.07. The molecule has 2 aromatic rings. The van der Waals surface area contributed by atoms with Gasteiger partial charge in [0.05, 0.1) is 60.1 Å². The second kappa shape index (κ2) is 17.0. The molecule has 0 saturated carbocycles.